The largest absolute Gasteiger partial charge is 0.486 e. The van der Waals surface area contributed by atoms with E-state index in [0.29, 0.717) is 19.3 Å². The SMILES string of the molecule is c1cc2c(cc1SCC1COCCN1)OCCO2. The third kappa shape index (κ3) is 2.91. The van der Waals surface area contributed by atoms with Crippen LogP contribution in [0.2, 0.25) is 0 Å². The summed E-state index contributed by atoms with van der Waals surface area (Å²) in [5, 5.41) is 3.45. The predicted molar refractivity (Wildman–Crippen MR) is 70.8 cm³/mol. The van der Waals surface area contributed by atoms with Crippen molar-refractivity contribution in [3.63, 3.8) is 0 Å². The molecule has 0 bridgehead atoms. The second-order valence-electron chi connectivity index (χ2n) is 4.34. The molecule has 0 radical (unpaired) electrons. The van der Waals surface area contributed by atoms with Crippen LogP contribution in [0.1, 0.15) is 0 Å². The highest BCUT2D eigenvalue weighted by Crippen LogP contribution is 2.34. The lowest BCUT2D eigenvalue weighted by Gasteiger charge is -2.23. The molecule has 0 amide bonds. The van der Waals surface area contributed by atoms with E-state index >= 15 is 0 Å². The Labute approximate surface area is 111 Å². The number of fused-ring (bicyclic) bond motifs is 1. The zero-order valence-electron chi connectivity index (χ0n) is 10.2. The maximum atomic E-state index is 5.58. The minimum absolute atomic E-state index is 0.442. The van der Waals surface area contributed by atoms with Crippen LogP contribution in [0.5, 0.6) is 11.5 Å². The monoisotopic (exact) mass is 267 g/mol. The van der Waals surface area contributed by atoms with Crippen LogP contribution in [0.4, 0.5) is 0 Å². The van der Waals surface area contributed by atoms with Gasteiger partial charge in [-0.2, -0.15) is 0 Å². The molecule has 0 spiro atoms. The molecule has 3 rings (SSSR count). The summed E-state index contributed by atoms with van der Waals surface area (Å²) in [6, 6.07) is 6.57. The highest BCUT2D eigenvalue weighted by Gasteiger charge is 2.15. The second kappa shape index (κ2) is 5.82. The highest BCUT2D eigenvalue weighted by molar-refractivity contribution is 7.99. The first-order valence-corrected chi connectivity index (χ1v) is 7.24. The van der Waals surface area contributed by atoms with Gasteiger partial charge in [-0.15, -0.1) is 11.8 Å². The van der Waals surface area contributed by atoms with Crippen LogP contribution in [0.25, 0.3) is 0 Å². The van der Waals surface area contributed by atoms with Gasteiger partial charge >= 0.3 is 0 Å². The summed E-state index contributed by atoms with van der Waals surface area (Å²) in [6.45, 7) is 3.86. The molecule has 5 heteroatoms. The number of morpholine rings is 1. The summed E-state index contributed by atoms with van der Waals surface area (Å²) in [4.78, 5) is 1.21. The van der Waals surface area contributed by atoms with Crippen molar-refractivity contribution in [1.29, 1.82) is 0 Å². The number of benzene rings is 1. The minimum atomic E-state index is 0.442. The Morgan fingerprint density at radius 3 is 2.89 bits per heavy atom. The van der Waals surface area contributed by atoms with Gasteiger partial charge in [-0.3, -0.25) is 0 Å². The van der Waals surface area contributed by atoms with Gasteiger partial charge in [0.15, 0.2) is 11.5 Å². The summed E-state index contributed by atoms with van der Waals surface area (Å²) in [6.07, 6.45) is 0. The molecule has 1 unspecified atom stereocenters. The fourth-order valence-electron chi connectivity index (χ4n) is 2.04. The van der Waals surface area contributed by atoms with E-state index in [2.05, 4.69) is 17.4 Å². The van der Waals surface area contributed by atoms with Gasteiger partial charge in [0.2, 0.25) is 0 Å². The maximum absolute atomic E-state index is 5.58. The average Bonchev–Trinajstić information content (AvgIpc) is 2.46. The molecule has 98 valence electrons. The van der Waals surface area contributed by atoms with Crippen molar-refractivity contribution in [2.24, 2.45) is 0 Å². The van der Waals surface area contributed by atoms with Crippen molar-refractivity contribution in [1.82, 2.24) is 5.32 Å². The van der Waals surface area contributed by atoms with Crippen molar-refractivity contribution in [2.75, 3.05) is 38.7 Å². The van der Waals surface area contributed by atoms with E-state index in [1.165, 1.54) is 4.90 Å². The molecule has 18 heavy (non-hydrogen) atoms. The quantitative estimate of drug-likeness (QED) is 0.841. The normalized spacial score (nSPS) is 22.8. The number of hydrogen-bond donors (Lipinski definition) is 1. The van der Waals surface area contributed by atoms with Gasteiger partial charge in [-0.25, -0.2) is 0 Å². The number of ether oxygens (including phenoxy) is 3. The first-order chi connectivity index (χ1) is 8.92. The highest BCUT2D eigenvalue weighted by atomic mass is 32.2. The zero-order valence-corrected chi connectivity index (χ0v) is 11.0. The summed E-state index contributed by atoms with van der Waals surface area (Å²) in [5.41, 5.74) is 0. The molecule has 1 saturated heterocycles. The van der Waals surface area contributed by atoms with E-state index in [1.54, 1.807) is 0 Å². The van der Waals surface area contributed by atoms with Gasteiger partial charge in [0.05, 0.1) is 13.2 Å². The molecule has 2 heterocycles. The molecular formula is C13H17NO3S. The van der Waals surface area contributed by atoms with Crippen molar-refractivity contribution in [3.05, 3.63) is 18.2 Å². The molecule has 0 saturated carbocycles. The Morgan fingerprint density at radius 1 is 1.17 bits per heavy atom. The van der Waals surface area contributed by atoms with Crippen molar-refractivity contribution in [3.8, 4) is 11.5 Å². The number of rotatable bonds is 3. The van der Waals surface area contributed by atoms with Gasteiger partial charge in [0.1, 0.15) is 13.2 Å². The van der Waals surface area contributed by atoms with Crippen LogP contribution < -0.4 is 14.8 Å². The molecule has 1 N–H and O–H groups in total. The summed E-state index contributed by atoms with van der Waals surface area (Å²) < 4.78 is 16.5. The molecule has 0 aliphatic carbocycles. The van der Waals surface area contributed by atoms with Crippen LogP contribution in [-0.2, 0) is 4.74 Å². The maximum Gasteiger partial charge on any atom is 0.162 e. The first-order valence-electron chi connectivity index (χ1n) is 6.25. The molecule has 1 aromatic rings. The van der Waals surface area contributed by atoms with E-state index in [4.69, 9.17) is 14.2 Å². The van der Waals surface area contributed by atoms with E-state index in [0.717, 1.165) is 37.0 Å². The molecule has 1 aromatic carbocycles. The standard InChI is InChI=1S/C13H17NO3S/c1-2-12-13(17-6-5-16-12)7-11(1)18-9-10-8-15-4-3-14-10/h1-2,7,10,14H,3-6,8-9H2. The van der Waals surface area contributed by atoms with Gasteiger partial charge in [0, 0.05) is 23.2 Å². The van der Waals surface area contributed by atoms with Gasteiger partial charge < -0.3 is 19.5 Å². The lowest BCUT2D eigenvalue weighted by atomic mass is 10.3. The number of thioether (sulfide) groups is 1. The van der Waals surface area contributed by atoms with Gasteiger partial charge in [-0.1, -0.05) is 0 Å². The third-order valence-corrected chi connectivity index (χ3v) is 4.12. The van der Waals surface area contributed by atoms with Crippen LogP contribution in [0.15, 0.2) is 23.1 Å². The summed E-state index contributed by atoms with van der Waals surface area (Å²) in [7, 11) is 0. The van der Waals surface area contributed by atoms with Crippen molar-refractivity contribution >= 4 is 11.8 Å². The Hall–Kier alpha value is -0.910. The Morgan fingerprint density at radius 2 is 2.06 bits per heavy atom. The fourth-order valence-corrected chi connectivity index (χ4v) is 3.00. The van der Waals surface area contributed by atoms with Gasteiger partial charge in [0.25, 0.3) is 0 Å². The lowest BCUT2D eigenvalue weighted by molar-refractivity contribution is 0.0837. The fraction of sp³-hybridized carbons (Fsp3) is 0.538. The Balaban J connectivity index is 1.58. The summed E-state index contributed by atoms with van der Waals surface area (Å²) >= 11 is 1.82. The number of nitrogens with one attached hydrogen (secondary N) is 1. The molecule has 0 aromatic heterocycles. The van der Waals surface area contributed by atoms with E-state index in [-0.39, 0.29) is 0 Å². The van der Waals surface area contributed by atoms with E-state index < -0.39 is 0 Å². The lowest BCUT2D eigenvalue weighted by Crippen LogP contribution is -2.42. The van der Waals surface area contributed by atoms with Crippen molar-refractivity contribution < 1.29 is 14.2 Å². The molecule has 2 aliphatic rings. The molecular weight excluding hydrogens is 250 g/mol. The third-order valence-electron chi connectivity index (χ3n) is 2.96. The average molecular weight is 267 g/mol. The summed E-state index contributed by atoms with van der Waals surface area (Å²) in [5.74, 6) is 2.73. The van der Waals surface area contributed by atoms with E-state index in [1.807, 2.05) is 17.8 Å². The zero-order chi connectivity index (χ0) is 12.2. The second-order valence-corrected chi connectivity index (χ2v) is 5.44. The predicted octanol–water partition coefficient (Wildman–Crippen LogP) is 1.54. The van der Waals surface area contributed by atoms with Gasteiger partial charge in [-0.05, 0) is 18.2 Å². The first kappa shape index (κ1) is 12.1. The Bertz CT molecular complexity index is 407. The number of hydrogen-bond acceptors (Lipinski definition) is 5. The van der Waals surface area contributed by atoms with E-state index in [9.17, 15) is 0 Å². The molecule has 4 nitrogen and oxygen atoms in total. The molecule has 1 atom stereocenters. The molecule has 1 fully saturated rings. The smallest absolute Gasteiger partial charge is 0.162 e. The van der Waals surface area contributed by atoms with Crippen LogP contribution in [-0.4, -0.2) is 44.8 Å². The molecule has 2 aliphatic heterocycles. The van der Waals surface area contributed by atoms with Crippen LogP contribution in [0, 0.1) is 0 Å². The Kier molecular flexibility index (Phi) is 3.93. The minimum Gasteiger partial charge on any atom is -0.486 e. The topological polar surface area (TPSA) is 39.7 Å². The van der Waals surface area contributed by atoms with Crippen LogP contribution in [0.3, 0.4) is 0 Å². The van der Waals surface area contributed by atoms with Crippen LogP contribution >= 0.6 is 11.8 Å². The van der Waals surface area contributed by atoms with Crippen molar-refractivity contribution in [2.45, 2.75) is 10.9 Å².